The monoisotopic (exact) mass is 211 g/mol. The lowest BCUT2D eigenvalue weighted by Crippen LogP contribution is -2.24. The Labute approximate surface area is 84.4 Å². The highest BCUT2D eigenvalue weighted by molar-refractivity contribution is 7.93. The summed E-state index contributed by atoms with van der Waals surface area (Å²) < 4.78 is 24.7. The molecule has 0 saturated carbocycles. The number of anilines is 1. The molecule has 1 fully saturated rings. The average Bonchev–Trinajstić information content (AvgIpc) is 2.45. The first-order chi connectivity index (χ1) is 6.59. The van der Waals surface area contributed by atoms with Gasteiger partial charge in [-0.25, -0.2) is 8.42 Å². The lowest BCUT2D eigenvalue weighted by Gasteiger charge is -2.16. The highest BCUT2D eigenvalue weighted by atomic mass is 32.2. The van der Waals surface area contributed by atoms with E-state index in [1.165, 1.54) is 4.31 Å². The molecule has 1 aliphatic rings. The van der Waals surface area contributed by atoms with Crippen molar-refractivity contribution in [2.24, 2.45) is 0 Å². The van der Waals surface area contributed by atoms with Gasteiger partial charge < -0.3 is 0 Å². The predicted molar refractivity (Wildman–Crippen MR) is 56.9 cm³/mol. The summed E-state index contributed by atoms with van der Waals surface area (Å²) in [6.07, 6.45) is 0.732. The Balaban J connectivity index is 2.41. The van der Waals surface area contributed by atoms with Crippen LogP contribution in [0.15, 0.2) is 24.3 Å². The number of rotatable bonds is 1. The fraction of sp³-hybridized carbons (Fsp3) is 0.400. The maximum atomic E-state index is 11.6. The van der Waals surface area contributed by atoms with E-state index >= 15 is 0 Å². The second-order valence-electron chi connectivity index (χ2n) is 3.58. The quantitative estimate of drug-likeness (QED) is 0.706. The molecule has 0 unspecified atom stereocenters. The molecule has 1 saturated heterocycles. The van der Waals surface area contributed by atoms with E-state index in [4.69, 9.17) is 0 Å². The highest BCUT2D eigenvalue weighted by Crippen LogP contribution is 2.24. The summed E-state index contributed by atoms with van der Waals surface area (Å²) in [6.45, 7) is 2.58. The van der Waals surface area contributed by atoms with Gasteiger partial charge in [0.15, 0.2) is 0 Å². The molecule has 2 rings (SSSR count). The summed E-state index contributed by atoms with van der Waals surface area (Å²) in [5, 5.41) is 0. The van der Waals surface area contributed by atoms with Crippen molar-refractivity contribution in [2.75, 3.05) is 16.6 Å². The lowest BCUT2D eigenvalue weighted by molar-refractivity contribution is 0.599. The minimum absolute atomic E-state index is 0.279. The summed E-state index contributed by atoms with van der Waals surface area (Å²) in [6, 6.07) is 7.60. The lowest BCUT2D eigenvalue weighted by atomic mass is 10.2. The summed E-state index contributed by atoms with van der Waals surface area (Å²) in [7, 11) is -3.02. The molecule has 1 aromatic carbocycles. The molecule has 0 atom stereocenters. The molecule has 1 aliphatic heterocycles. The maximum Gasteiger partial charge on any atom is 0.235 e. The molecule has 1 aromatic rings. The topological polar surface area (TPSA) is 37.4 Å². The van der Waals surface area contributed by atoms with Crippen LogP contribution < -0.4 is 4.31 Å². The number of nitrogens with zero attached hydrogens (tertiary/aromatic N) is 1. The van der Waals surface area contributed by atoms with Gasteiger partial charge in [0.25, 0.3) is 0 Å². The van der Waals surface area contributed by atoms with E-state index in [9.17, 15) is 8.42 Å². The fourth-order valence-corrected chi connectivity index (χ4v) is 3.27. The molecule has 0 aromatic heterocycles. The molecular weight excluding hydrogens is 198 g/mol. The Kier molecular flexibility index (Phi) is 2.23. The van der Waals surface area contributed by atoms with Crippen molar-refractivity contribution >= 4 is 15.7 Å². The van der Waals surface area contributed by atoms with E-state index in [1.807, 2.05) is 31.2 Å². The Morgan fingerprint density at radius 3 is 2.71 bits per heavy atom. The van der Waals surface area contributed by atoms with Crippen LogP contribution in [0.25, 0.3) is 0 Å². The number of hydrogen-bond acceptors (Lipinski definition) is 2. The van der Waals surface area contributed by atoms with Crippen molar-refractivity contribution in [1.82, 2.24) is 0 Å². The first-order valence-corrected chi connectivity index (χ1v) is 6.27. The van der Waals surface area contributed by atoms with Crippen molar-refractivity contribution < 1.29 is 8.42 Å². The van der Waals surface area contributed by atoms with Crippen LogP contribution in [0, 0.1) is 6.92 Å². The molecule has 0 aliphatic carbocycles. The first kappa shape index (κ1) is 9.52. The molecule has 0 radical (unpaired) electrons. The van der Waals surface area contributed by atoms with E-state index < -0.39 is 10.0 Å². The first-order valence-electron chi connectivity index (χ1n) is 4.67. The molecule has 0 amide bonds. The van der Waals surface area contributed by atoms with E-state index in [0.29, 0.717) is 6.54 Å². The summed E-state index contributed by atoms with van der Waals surface area (Å²) >= 11 is 0. The van der Waals surface area contributed by atoms with Crippen molar-refractivity contribution in [2.45, 2.75) is 13.3 Å². The van der Waals surface area contributed by atoms with Crippen molar-refractivity contribution in [3.8, 4) is 0 Å². The SMILES string of the molecule is Cc1cccc(N2CCCS2(=O)=O)c1. The predicted octanol–water partition coefficient (Wildman–Crippen LogP) is 1.53. The second kappa shape index (κ2) is 3.28. The van der Waals surface area contributed by atoms with Gasteiger partial charge in [0.1, 0.15) is 0 Å². The van der Waals surface area contributed by atoms with Gasteiger partial charge in [-0.3, -0.25) is 4.31 Å². The van der Waals surface area contributed by atoms with E-state index in [1.54, 1.807) is 0 Å². The van der Waals surface area contributed by atoms with Gasteiger partial charge >= 0.3 is 0 Å². The average molecular weight is 211 g/mol. The van der Waals surface area contributed by atoms with Crippen LogP contribution in [0.4, 0.5) is 5.69 Å². The largest absolute Gasteiger partial charge is 0.270 e. The van der Waals surface area contributed by atoms with Gasteiger partial charge in [-0.1, -0.05) is 12.1 Å². The Hall–Kier alpha value is -1.03. The standard InChI is InChI=1S/C10H13NO2S/c1-9-4-2-5-10(8-9)11-6-3-7-14(11,12)13/h2,4-5,8H,3,6-7H2,1H3. The maximum absolute atomic E-state index is 11.6. The third kappa shape index (κ3) is 1.62. The van der Waals surface area contributed by atoms with E-state index in [2.05, 4.69) is 0 Å². The molecule has 1 heterocycles. The second-order valence-corrected chi connectivity index (χ2v) is 5.59. The van der Waals surface area contributed by atoms with Crippen LogP contribution in [-0.2, 0) is 10.0 Å². The van der Waals surface area contributed by atoms with Gasteiger partial charge in [0.05, 0.1) is 11.4 Å². The number of aryl methyl sites for hydroxylation is 1. The zero-order chi connectivity index (χ0) is 10.2. The van der Waals surface area contributed by atoms with Gasteiger partial charge in [-0.2, -0.15) is 0 Å². The Bertz CT molecular complexity index is 439. The van der Waals surface area contributed by atoms with Gasteiger partial charge in [0, 0.05) is 6.54 Å². The van der Waals surface area contributed by atoms with Crippen LogP contribution in [0.5, 0.6) is 0 Å². The third-order valence-electron chi connectivity index (χ3n) is 2.39. The minimum Gasteiger partial charge on any atom is -0.270 e. The molecule has 4 heteroatoms. The van der Waals surface area contributed by atoms with Crippen LogP contribution in [0.2, 0.25) is 0 Å². The Morgan fingerprint density at radius 2 is 2.14 bits per heavy atom. The van der Waals surface area contributed by atoms with Gasteiger partial charge in [-0.05, 0) is 31.0 Å². The highest BCUT2D eigenvalue weighted by Gasteiger charge is 2.28. The summed E-state index contributed by atoms with van der Waals surface area (Å²) in [5.74, 6) is 0.279. The van der Waals surface area contributed by atoms with Crippen LogP contribution in [0.3, 0.4) is 0 Å². The third-order valence-corrected chi connectivity index (χ3v) is 4.26. The van der Waals surface area contributed by atoms with E-state index in [-0.39, 0.29) is 5.75 Å². The van der Waals surface area contributed by atoms with Crippen molar-refractivity contribution in [1.29, 1.82) is 0 Å². The van der Waals surface area contributed by atoms with E-state index in [0.717, 1.165) is 17.7 Å². The molecule has 0 spiro atoms. The smallest absolute Gasteiger partial charge is 0.235 e. The molecule has 14 heavy (non-hydrogen) atoms. The minimum atomic E-state index is -3.02. The Morgan fingerprint density at radius 1 is 1.36 bits per heavy atom. The normalized spacial score (nSPS) is 19.9. The zero-order valence-electron chi connectivity index (χ0n) is 8.10. The van der Waals surface area contributed by atoms with Gasteiger partial charge in [0.2, 0.25) is 10.0 Å². The number of hydrogen-bond donors (Lipinski definition) is 0. The van der Waals surface area contributed by atoms with Crippen LogP contribution in [0.1, 0.15) is 12.0 Å². The summed E-state index contributed by atoms with van der Waals surface area (Å²) in [5.41, 5.74) is 1.88. The molecular formula is C10H13NO2S. The number of benzene rings is 1. The van der Waals surface area contributed by atoms with Crippen LogP contribution >= 0.6 is 0 Å². The van der Waals surface area contributed by atoms with Crippen LogP contribution in [-0.4, -0.2) is 20.7 Å². The molecule has 0 N–H and O–H groups in total. The molecule has 76 valence electrons. The van der Waals surface area contributed by atoms with Gasteiger partial charge in [-0.15, -0.1) is 0 Å². The summed E-state index contributed by atoms with van der Waals surface area (Å²) in [4.78, 5) is 0. The molecule has 0 bridgehead atoms. The fourth-order valence-electron chi connectivity index (χ4n) is 1.71. The number of sulfonamides is 1. The van der Waals surface area contributed by atoms with Crippen molar-refractivity contribution in [3.05, 3.63) is 29.8 Å². The van der Waals surface area contributed by atoms with Crippen molar-refractivity contribution in [3.63, 3.8) is 0 Å². The zero-order valence-corrected chi connectivity index (χ0v) is 8.92. The molecule has 3 nitrogen and oxygen atoms in total.